The van der Waals surface area contributed by atoms with Crippen LogP contribution in [0.4, 0.5) is 0 Å². The molecular weight excluding hydrogens is 236 g/mol. The van der Waals surface area contributed by atoms with Crippen LogP contribution in [-0.2, 0) is 4.79 Å². The molecule has 0 aliphatic heterocycles. The third kappa shape index (κ3) is 2.20. The zero-order valence-corrected chi connectivity index (χ0v) is 12.6. The highest BCUT2D eigenvalue weighted by molar-refractivity contribution is 5.78. The van der Waals surface area contributed by atoms with E-state index in [9.17, 15) is 4.79 Å². The molecule has 0 aromatic heterocycles. The second-order valence-corrected chi connectivity index (χ2v) is 7.90. The molecule has 2 N–H and O–H groups in total. The highest BCUT2D eigenvalue weighted by atomic mass is 16.2. The minimum atomic E-state index is -0.0586. The number of carbonyl (C=O) groups excluding carboxylic acids is 1. The molecule has 3 heteroatoms. The standard InChI is InChI=1S/C16H28N2O/c1-15(2,18-14(19)10-17-3)16-7-11-4-12(8-16)6-13(5-11)9-16/h11-13,17H,4-10H2,1-3H3,(H,18,19). The van der Waals surface area contributed by atoms with Gasteiger partial charge < -0.3 is 10.6 Å². The molecule has 0 aromatic rings. The molecule has 0 aromatic carbocycles. The topological polar surface area (TPSA) is 41.1 Å². The van der Waals surface area contributed by atoms with E-state index < -0.39 is 0 Å². The molecule has 0 unspecified atom stereocenters. The van der Waals surface area contributed by atoms with Crippen molar-refractivity contribution in [1.82, 2.24) is 10.6 Å². The number of carbonyl (C=O) groups is 1. The molecule has 4 aliphatic carbocycles. The summed E-state index contributed by atoms with van der Waals surface area (Å²) in [6, 6.07) is 0. The first-order valence-corrected chi connectivity index (χ1v) is 7.90. The Labute approximate surface area is 116 Å². The first kappa shape index (κ1) is 13.4. The molecule has 0 saturated heterocycles. The number of hydrogen-bond donors (Lipinski definition) is 2. The van der Waals surface area contributed by atoms with Crippen LogP contribution >= 0.6 is 0 Å². The van der Waals surface area contributed by atoms with Crippen molar-refractivity contribution in [1.29, 1.82) is 0 Å². The highest BCUT2D eigenvalue weighted by Crippen LogP contribution is 2.63. The fourth-order valence-corrected chi connectivity index (χ4v) is 5.56. The summed E-state index contributed by atoms with van der Waals surface area (Å²) >= 11 is 0. The smallest absolute Gasteiger partial charge is 0.234 e. The van der Waals surface area contributed by atoms with Crippen LogP contribution in [0.5, 0.6) is 0 Å². The van der Waals surface area contributed by atoms with Crippen LogP contribution in [0.2, 0.25) is 0 Å². The van der Waals surface area contributed by atoms with Crippen LogP contribution in [-0.4, -0.2) is 25.0 Å². The Kier molecular flexibility index (Phi) is 3.16. The van der Waals surface area contributed by atoms with Crippen molar-refractivity contribution < 1.29 is 4.79 Å². The Hall–Kier alpha value is -0.570. The molecule has 0 radical (unpaired) electrons. The van der Waals surface area contributed by atoms with Crippen LogP contribution < -0.4 is 10.6 Å². The average molecular weight is 264 g/mol. The van der Waals surface area contributed by atoms with Gasteiger partial charge in [-0.1, -0.05) is 0 Å². The van der Waals surface area contributed by atoms with E-state index >= 15 is 0 Å². The summed E-state index contributed by atoms with van der Waals surface area (Å²) in [5, 5.41) is 6.26. The normalized spacial score (nSPS) is 40.5. The van der Waals surface area contributed by atoms with E-state index in [0.29, 0.717) is 12.0 Å². The maximum Gasteiger partial charge on any atom is 0.234 e. The van der Waals surface area contributed by atoms with Crippen molar-refractivity contribution in [2.75, 3.05) is 13.6 Å². The second kappa shape index (κ2) is 4.47. The quantitative estimate of drug-likeness (QED) is 0.818. The predicted molar refractivity (Wildman–Crippen MR) is 76.8 cm³/mol. The molecule has 4 rings (SSSR count). The van der Waals surface area contributed by atoms with E-state index in [0.717, 1.165) is 17.8 Å². The van der Waals surface area contributed by atoms with Gasteiger partial charge in [-0.2, -0.15) is 0 Å². The maximum absolute atomic E-state index is 12.0. The Morgan fingerprint density at radius 2 is 1.58 bits per heavy atom. The number of hydrogen-bond acceptors (Lipinski definition) is 2. The Balaban J connectivity index is 1.78. The summed E-state index contributed by atoms with van der Waals surface area (Å²) in [5.74, 6) is 2.95. The molecule has 4 saturated carbocycles. The summed E-state index contributed by atoms with van der Waals surface area (Å²) in [6.45, 7) is 4.94. The third-order valence-corrected chi connectivity index (χ3v) is 6.15. The summed E-state index contributed by atoms with van der Waals surface area (Å²) in [4.78, 5) is 12.0. The summed E-state index contributed by atoms with van der Waals surface area (Å²) < 4.78 is 0. The number of likely N-dealkylation sites (N-methyl/N-ethyl adjacent to an activating group) is 1. The van der Waals surface area contributed by atoms with Crippen LogP contribution in [0.25, 0.3) is 0 Å². The van der Waals surface area contributed by atoms with E-state index in [1.807, 2.05) is 7.05 Å². The Morgan fingerprint density at radius 1 is 1.11 bits per heavy atom. The van der Waals surface area contributed by atoms with Crippen LogP contribution in [0.3, 0.4) is 0 Å². The van der Waals surface area contributed by atoms with Gasteiger partial charge in [0.15, 0.2) is 0 Å². The molecule has 4 bridgehead atoms. The van der Waals surface area contributed by atoms with E-state index in [2.05, 4.69) is 24.5 Å². The first-order chi connectivity index (χ1) is 8.94. The maximum atomic E-state index is 12.0. The van der Waals surface area contributed by atoms with Gasteiger partial charge in [0, 0.05) is 5.54 Å². The minimum Gasteiger partial charge on any atom is -0.350 e. The second-order valence-electron chi connectivity index (χ2n) is 7.90. The molecule has 0 heterocycles. The zero-order chi connectivity index (χ0) is 13.7. The van der Waals surface area contributed by atoms with Crippen molar-refractivity contribution in [3.8, 4) is 0 Å². The largest absolute Gasteiger partial charge is 0.350 e. The minimum absolute atomic E-state index is 0.0586. The van der Waals surface area contributed by atoms with Gasteiger partial charge >= 0.3 is 0 Å². The predicted octanol–water partition coefficient (Wildman–Crippen LogP) is 2.32. The SMILES string of the molecule is CNCC(=O)NC(C)(C)C12CC3CC(CC(C3)C1)C2. The number of rotatable bonds is 4. The molecule has 1 amide bonds. The van der Waals surface area contributed by atoms with E-state index in [1.165, 1.54) is 38.5 Å². The molecule has 108 valence electrons. The van der Waals surface area contributed by atoms with Crippen molar-refractivity contribution in [3.05, 3.63) is 0 Å². The average Bonchev–Trinajstić information content (AvgIpc) is 2.26. The lowest BCUT2D eigenvalue weighted by molar-refractivity contribution is -0.131. The molecule has 0 spiro atoms. The lowest BCUT2D eigenvalue weighted by Crippen LogP contribution is -2.63. The molecular formula is C16H28N2O. The van der Waals surface area contributed by atoms with Crippen molar-refractivity contribution >= 4 is 5.91 Å². The molecule has 19 heavy (non-hydrogen) atoms. The first-order valence-electron chi connectivity index (χ1n) is 7.90. The van der Waals surface area contributed by atoms with E-state index in [1.54, 1.807) is 0 Å². The van der Waals surface area contributed by atoms with Crippen LogP contribution in [0.15, 0.2) is 0 Å². The van der Waals surface area contributed by atoms with Gasteiger partial charge in [-0.25, -0.2) is 0 Å². The monoisotopic (exact) mass is 264 g/mol. The van der Waals surface area contributed by atoms with Gasteiger partial charge in [0.2, 0.25) is 5.91 Å². The zero-order valence-electron chi connectivity index (χ0n) is 12.6. The van der Waals surface area contributed by atoms with Crippen molar-refractivity contribution in [2.24, 2.45) is 23.2 Å². The third-order valence-electron chi connectivity index (χ3n) is 6.15. The molecule has 4 aliphatic rings. The van der Waals surface area contributed by atoms with E-state index in [-0.39, 0.29) is 11.4 Å². The fourth-order valence-electron chi connectivity index (χ4n) is 5.56. The Morgan fingerprint density at radius 3 is 2.00 bits per heavy atom. The van der Waals surface area contributed by atoms with Gasteiger partial charge in [0.05, 0.1) is 6.54 Å². The lowest BCUT2D eigenvalue weighted by atomic mass is 9.45. The fraction of sp³-hybridized carbons (Fsp3) is 0.938. The number of amides is 1. The van der Waals surface area contributed by atoms with Gasteiger partial charge in [-0.05, 0) is 82.6 Å². The number of nitrogens with one attached hydrogen (secondary N) is 2. The van der Waals surface area contributed by atoms with Crippen LogP contribution in [0.1, 0.15) is 52.4 Å². The lowest BCUT2D eigenvalue weighted by Gasteiger charge is -2.62. The van der Waals surface area contributed by atoms with Crippen molar-refractivity contribution in [2.45, 2.75) is 57.9 Å². The van der Waals surface area contributed by atoms with Gasteiger partial charge in [0.1, 0.15) is 0 Å². The van der Waals surface area contributed by atoms with Gasteiger partial charge in [-0.3, -0.25) is 4.79 Å². The van der Waals surface area contributed by atoms with Gasteiger partial charge in [-0.15, -0.1) is 0 Å². The van der Waals surface area contributed by atoms with Crippen molar-refractivity contribution in [3.63, 3.8) is 0 Å². The highest BCUT2D eigenvalue weighted by Gasteiger charge is 2.57. The summed E-state index contributed by atoms with van der Waals surface area (Å²) in [6.07, 6.45) is 8.39. The summed E-state index contributed by atoms with van der Waals surface area (Å²) in [5.41, 5.74) is 0.308. The molecule has 4 fully saturated rings. The summed E-state index contributed by atoms with van der Waals surface area (Å²) in [7, 11) is 1.83. The van der Waals surface area contributed by atoms with Crippen LogP contribution in [0, 0.1) is 23.2 Å². The molecule has 3 nitrogen and oxygen atoms in total. The molecule has 0 atom stereocenters. The van der Waals surface area contributed by atoms with E-state index in [4.69, 9.17) is 0 Å². The van der Waals surface area contributed by atoms with Gasteiger partial charge in [0.25, 0.3) is 0 Å². The Bertz CT molecular complexity index is 340.